The lowest BCUT2D eigenvalue weighted by Gasteiger charge is -2.05. The van der Waals surface area contributed by atoms with Gasteiger partial charge in [-0.05, 0) is 13.3 Å². The number of carboxylic acid groups (broad SMARTS) is 1. The summed E-state index contributed by atoms with van der Waals surface area (Å²) >= 11 is 0. The maximum atomic E-state index is 11.1. The van der Waals surface area contributed by atoms with Crippen LogP contribution in [0, 0.1) is 5.92 Å². The Hall–Kier alpha value is -1.39. The summed E-state index contributed by atoms with van der Waals surface area (Å²) in [5.41, 5.74) is 0. The van der Waals surface area contributed by atoms with Crippen LogP contribution in [0.2, 0.25) is 0 Å². The van der Waals surface area contributed by atoms with Crippen molar-refractivity contribution in [1.29, 1.82) is 0 Å². The van der Waals surface area contributed by atoms with E-state index in [1.807, 2.05) is 0 Å². The second-order valence-electron chi connectivity index (χ2n) is 3.11. The van der Waals surface area contributed by atoms with Gasteiger partial charge in [-0.15, -0.1) is 0 Å². The lowest BCUT2D eigenvalue weighted by Crippen LogP contribution is -2.24. The van der Waals surface area contributed by atoms with Crippen LogP contribution in [0.3, 0.4) is 0 Å². The third-order valence-corrected chi connectivity index (χ3v) is 1.83. The molecule has 0 aliphatic carbocycles. The van der Waals surface area contributed by atoms with Crippen molar-refractivity contribution in [1.82, 2.24) is 5.32 Å². The minimum Gasteiger partial charge on any atom is -0.481 e. The summed E-state index contributed by atoms with van der Waals surface area (Å²) in [6, 6.07) is 0. The topological polar surface area (TPSA) is 83.5 Å². The van der Waals surface area contributed by atoms with Crippen LogP contribution in [0.5, 0.6) is 0 Å². The molecule has 1 amide bonds. The van der Waals surface area contributed by atoms with Crippen LogP contribution in [-0.4, -0.2) is 29.3 Å². The van der Waals surface area contributed by atoms with E-state index in [9.17, 15) is 14.4 Å². The largest absolute Gasteiger partial charge is 0.481 e. The molecule has 0 rings (SSSR count). The maximum Gasteiger partial charge on any atom is 0.313 e. The average molecular weight is 201 g/mol. The van der Waals surface area contributed by atoms with Gasteiger partial charge in [0.15, 0.2) is 0 Å². The van der Waals surface area contributed by atoms with E-state index < -0.39 is 11.9 Å². The molecule has 2 N–H and O–H groups in total. The highest BCUT2D eigenvalue weighted by Gasteiger charge is 2.19. The van der Waals surface area contributed by atoms with Crippen LogP contribution < -0.4 is 5.32 Å². The standard InChI is InChI=1S/C9H15NO4/c1-6(9(13)14)8(12)4-3-5-10-7(2)11/h6H,3-5H2,1-2H3,(H,10,11)(H,13,14)/t6-/m1/s1. The van der Waals surface area contributed by atoms with Crippen molar-refractivity contribution in [2.75, 3.05) is 6.54 Å². The van der Waals surface area contributed by atoms with Crippen molar-refractivity contribution in [2.24, 2.45) is 5.92 Å². The highest BCUT2D eigenvalue weighted by Crippen LogP contribution is 2.02. The highest BCUT2D eigenvalue weighted by molar-refractivity contribution is 5.97. The first kappa shape index (κ1) is 12.6. The van der Waals surface area contributed by atoms with Crippen molar-refractivity contribution in [3.8, 4) is 0 Å². The van der Waals surface area contributed by atoms with Crippen LogP contribution in [0.25, 0.3) is 0 Å². The van der Waals surface area contributed by atoms with Gasteiger partial charge in [-0.1, -0.05) is 0 Å². The van der Waals surface area contributed by atoms with Crippen LogP contribution >= 0.6 is 0 Å². The van der Waals surface area contributed by atoms with Gasteiger partial charge in [0.05, 0.1) is 0 Å². The molecule has 0 aromatic rings. The molecule has 0 bridgehead atoms. The highest BCUT2D eigenvalue weighted by atomic mass is 16.4. The zero-order valence-electron chi connectivity index (χ0n) is 8.37. The van der Waals surface area contributed by atoms with E-state index in [0.717, 1.165) is 0 Å². The van der Waals surface area contributed by atoms with Crippen molar-refractivity contribution in [2.45, 2.75) is 26.7 Å². The van der Waals surface area contributed by atoms with Crippen LogP contribution in [0.15, 0.2) is 0 Å². The Morgan fingerprint density at radius 2 is 1.93 bits per heavy atom. The van der Waals surface area contributed by atoms with E-state index in [1.165, 1.54) is 13.8 Å². The maximum absolute atomic E-state index is 11.1. The van der Waals surface area contributed by atoms with Gasteiger partial charge in [-0.2, -0.15) is 0 Å². The fraction of sp³-hybridized carbons (Fsp3) is 0.667. The van der Waals surface area contributed by atoms with Crippen LogP contribution in [-0.2, 0) is 14.4 Å². The molecule has 0 spiro atoms. The Morgan fingerprint density at radius 1 is 1.36 bits per heavy atom. The second kappa shape index (κ2) is 6.12. The average Bonchev–Trinajstić information content (AvgIpc) is 2.10. The van der Waals surface area contributed by atoms with E-state index in [4.69, 9.17) is 5.11 Å². The van der Waals surface area contributed by atoms with Crippen molar-refractivity contribution in [3.63, 3.8) is 0 Å². The van der Waals surface area contributed by atoms with Gasteiger partial charge in [0, 0.05) is 19.9 Å². The molecule has 0 saturated heterocycles. The number of carbonyl (C=O) groups is 3. The Balaban J connectivity index is 3.64. The molecular weight excluding hydrogens is 186 g/mol. The van der Waals surface area contributed by atoms with E-state index in [2.05, 4.69) is 5.32 Å². The van der Waals surface area contributed by atoms with E-state index in [1.54, 1.807) is 0 Å². The molecule has 0 aliphatic heterocycles. The number of aliphatic carboxylic acids is 1. The molecular formula is C9H15NO4. The molecule has 5 heteroatoms. The predicted molar refractivity (Wildman–Crippen MR) is 49.7 cm³/mol. The second-order valence-corrected chi connectivity index (χ2v) is 3.11. The molecule has 14 heavy (non-hydrogen) atoms. The number of hydrogen-bond donors (Lipinski definition) is 2. The number of Topliss-reactive ketones (excluding diaryl/α,β-unsaturated/α-hetero) is 1. The van der Waals surface area contributed by atoms with Gasteiger partial charge in [0.25, 0.3) is 0 Å². The summed E-state index contributed by atoms with van der Waals surface area (Å²) in [5, 5.41) is 11.0. The lowest BCUT2D eigenvalue weighted by molar-refractivity contribution is -0.145. The van der Waals surface area contributed by atoms with Crippen LogP contribution in [0.1, 0.15) is 26.7 Å². The molecule has 0 unspecified atom stereocenters. The summed E-state index contributed by atoms with van der Waals surface area (Å²) in [7, 11) is 0. The zero-order chi connectivity index (χ0) is 11.1. The molecule has 0 aromatic carbocycles. The molecule has 80 valence electrons. The molecule has 0 fully saturated rings. The number of ketones is 1. The quantitative estimate of drug-likeness (QED) is 0.474. The smallest absolute Gasteiger partial charge is 0.313 e. The summed E-state index contributed by atoms with van der Waals surface area (Å²) in [5.74, 6) is -2.51. The molecule has 0 saturated carbocycles. The Morgan fingerprint density at radius 3 is 2.36 bits per heavy atom. The number of rotatable bonds is 6. The van der Waals surface area contributed by atoms with E-state index >= 15 is 0 Å². The van der Waals surface area contributed by atoms with Gasteiger partial charge in [-0.25, -0.2) is 0 Å². The summed E-state index contributed by atoms with van der Waals surface area (Å²) < 4.78 is 0. The van der Waals surface area contributed by atoms with E-state index in [-0.39, 0.29) is 18.1 Å². The van der Waals surface area contributed by atoms with Gasteiger partial charge in [0.1, 0.15) is 11.7 Å². The summed E-state index contributed by atoms with van der Waals surface area (Å²) in [6.07, 6.45) is 0.670. The van der Waals surface area contributed by atoms with Crippen molar-refractivity contribution in [3.05, 3.63) is 0 Å². The lowest BCUT2D eigenvalue weighted by atomic mass is 10.0. The van der Waals surface area contributed by atoms with Crippen LogP contribution in [0.4, 0.5) is 0 Å². The zero-order valence-corrected chi connectivity index (χ0v) is 8.37. The van der Waals surface area contributed by atoms with Crippen molar-refractivity contribution < 1.29 is 19.5 Å². The molecule has 0 aromatic heterocycles. The molecule has 1 atom stereocenters. The fourth-order valence-electron chi connectivity index (χ4n) is 0.881. The van der Waals surface area contributed by atoms with Gasteiger partial charge < -0.3 is 10.4 Å². The monoisotopic (exact) mass is 201 g/mol. The first-order chi connectivity index (χ1) is 6.45. The Kier molecular flexibility index (Phi) is 5.52. The predicted octanol–water partition coefficient (Wildman–Crippen LogP) is 0.192. The fourth-order valence-corrected chi connectivity index (χ4v) is 0.881. The minimum absolute atomic E-state index is 0.149. The Bertz CT molecular complexity index is 237. The number of amides is 1. The normalized spacial score (nSPS) is 11.9. The molecule has 5 nitrogen and oxygen atoms in total. The third-order valence-electron chi connectivity index (χ3n) is 1.83. The van der Waals surface area contributed by atoms with Gasteiger partial charge in [0.2, 0.25) is 5.91 Å². The summed E-state index contributed by atoms with van der Waals surface area (Å²) in [6.45, 7) is 3.16. The molecule has 0 aliphatic rings. The Labute approximate surface area is 82.5 Å². The number of carboxylic acids is 1. The minimum atomic E-state index is -1.10. The number of carbonyl (C=O) groups excluding carboxylic acids is 2. The van der Waals surface area contributed by atoms with Gasteiger partial charge in [-0.3, -0.25) is 14.4 Å². The number of hydrogen-bond acceptors (Lipinski definition) is 3. The molecule has 0 radical (unpaired) electrons. The van der Waals surface area contributed by atoms with Gasteiger partial charge >= 0.3 is 5.97 Å². The summed E-state index contributed by atoms with van der Waals surface area (Å²) in [4.78, 5) is 32.0. The van der Waals surface area contributed by atoms with Crippen molar-refractivity contribution >= 4 is 17.7 Å². The first-order valence-electron chi connectivity index (χ1n) is 4.45. The molecule has 0 heterocycles. The van der Waals surface area contributed by atoms with E-state index in [0.29, 0.717) is 13.0 Å². The SMILES string of the molecule is CC(=O)NCCCC(=O)[C@@H](C)C(=O)O. The number of nitrogens with one attached hydrogen (secondary N) is 1. The third kappa shape index (κ3) is 5.29. The first-order valence-corrected chi connectivity index (χ1v) is 4.45.